The van der Waals surface area contributed by atoms with E-state index in [1.165, 1.54) is 4.40 Å². The van der Waals surface area contributed by atoms with E-state index in [0.717, 1.165) is 0 Å². The Morgan fingerprint density at radius 3 is 3.05 bits per heavy atom. The van der Waals surface area contributed by atoms with Crippen LogP contribution in [0.5, 0.6) is 0 Å². The van der Waals surface area contributed by atoms with Crippen LogP contribution in [0.3, 0.4) is 0 Å². The zero-order valence-corrected chi connectivity index (χ0v) is 11.5. The summed E-state index contributed by atoms with van der Waals surface area (Å²) in [5.41, 5.74) is 5.74. The predicted molar refractivity (Wildman–Crippen MR) is 74.2 cm³/mol. The van der Waals surface area contributed by atoms with E-state index < -0.39 is 0 Å². The van der Waals surface area contributed by atoms with Gasteiger partial charge in [-0.05, 0) is 6.92 Å². The Hall–Kier alpha value is -2.58. The molecule has 9 heteroatoms. The van der Waals surface area contributed by atoms with E-state index in [-0.39, 0.29) is 17.4 Å². The Morgan fingerprint density at radius 2 is 2.40 bits per heavy atom. The summed E-state index contributed by atoms with van der Waals surface area (Å²) in [6.07, 6.45) is 0. The van der Waals surface area contributed by atoms with Gasteiger partial charge in [0.05, 0.1) is 0 Å². The second-order valence-corrected chi connectivity index (χ2v) is 4.69. The third-order valence-corrected chi connectivity index (χ3v) is 3.12. The largest absolute Gasteiger partial charge is 0.409 e. The molecule has 2 aromatic heterocycles. The average Bonchev–Trinajstić information content (AvgIpc) is 2.79. The number of fused-ring (bicyclic) bond motifs is 1. The molecule has 0 aliphatic carbocycles. The minimum Gasteiger partial charge on any atom is -0.409 e. The van der Waals surface area contributed by atoms with Crippen molar-refractivity contribution in [3.8, 4) is 0 Å². The van der Waals surface area contributed by atoms with Gasteiger partial charge < -0.3 is 15.8 Å². The molecule has 1 atom stereocenters. The fourth-order valence-electron chi connectivity index (χ4n) is 1.97. The number of nitrogens with one attached hydrogen (secondary N) is 1. The number of anilines is 1. The predicted octanol–water partition coefficient (Wildman–Crippen LogP) is -0.455. The maximum atomic E-state index is 11.5. The molecule has 0 saturated carbocycles. The standard InChI is InChI=1S/C11H17N7O2/c1-6(10(12)16-20)5-17(3)8-4-9-14-15-11(19)18(9)7(2)13-8/h4,6,20H,5H2,1-3H3,(H2,12,16)(H,15,19). The number of nitrogens with zero attached hydrogens (tertiary/aromatic N) is 5. The van der Waals surface area contributed by atoms with Gasteiger partial charge in [-0.3, -0.25) is 0 Å². The van der Waals surface area contributed by atoms with Crippen molar-refractivity contribution in [1.82, 2.24) is 19.6 Å². The minimum atomic E-state index is -0.316. The van der Waals surface area contributed by atoms with Crippen molar-refractivity contribution in [3.63, 3.8) is 0 Å². The van der Waals surface area contributed by atoms with Gasteiger partial charge in [0, 0.05) is 25.6 Å². The molecule has 2 heterocycles. The first-order valence-corrected chi connectivity index (χ1v) is 6.07. The molecule has 0 amide bonds. The van der Waals surface area contributed by atoms with Crippen LogP contribution in [0.2, 0.25) is 0 Å². The first-order chi connectivity index (χ1) is 9.43. The number of oxime groups is 1. The molecule has 1 unspecified atom stereocenters. The Bertz CT molecular complexity index is 702. The summed E-state index contributed by atoms with van der Waals surface area (Å²) < 4.78 is 1.39. The van der Waals surface area contributed by atoms with Gasteiger partial charge in [0.25, 0.3) is 0 Å². The molecular weight excluding hydrogens is 262 g/mol. The first kappa shape index (κ1) is 13.8. The minimum absolute atomic E-state index is 0.135. The van der Waals surface area contributed by atoms with E-state index in [0.29, 0.717) is 23.8 Å². The maximum absolute atomic E-state index is 11.5. The summed E-state index contributed by atoms with van der Waals surface area (Å²) in [5.74, 6) is 1.22. The number of aromatic nitrogens is 4. The molecule has 108 valence electrons. The van der Waals surface area contributed by atoms with Gasteiger partial charge in [0.15, 0.2) is 5.65 Å². The molecule has 9 nitrogen and oxygen atoms in total. The zero-order valence-electron chi connectivity index (χ0n) is 11.5. The maximum Gasteiger partial charge on any atom is 0.349 e. The molecule has 0 aromatic carbocycles. The van der Waals surface area contributed by atoms with E-state index >= 15 is 0 Å². The van der Waals surface area contributed by atoms with Crippen molar-refractivity contribution in [2.24, 2.45) is 16.8 Å². The lowest BCUT2D eigenvalue weighted by Crippen LogP contribution is -2.33. The molecule has 4 N–H and O–H groups in total. The van der Waals surface area contributed by atoms with Crippen LogP contribution in [-0.2, 0) is 0 Å². The monoisotopic (exact) mass is 279 g/mol. The van der Waals surface area contributed by atoms with Gasteiger partial charge in [-0.15, -0.1) is 0 Å². The smallest absolute Gasteiger partial charge is 0.349 e. The fraction of sp³-hybridized carbons (Fsp3) is 0.455. The van der Waals surface area contributed by atoms with Crippen molar-refractivity contribution in [2.75, 3.05) is 18.5 Å². The molecule has 0 saturated heterocycles. The summed E-state index contributed by atoms with van der Waals surface area (Å²) in [5, 5.41) is 17.9. The van der Waals surface area contributed by atoms with Crippen LogP contribution in [0.1, 0.15) is 12.7 Å². The average molecular weight is 279 g/mol. The van der Waals surface area contributed by atoms with Crippen LogP contribution in [0.25, 0.3) is 5.65 Å². The summed E-state index contributed by atoms with van der Waals surface area (Å²) in [6.45, 7) is 4.09. The quantitative estimate of drug-likeness (QED) is 0.301. The van der Waals surface area contributed by atoms with Crippen LogP contribution >= 0.6 is 0 Å². The van der Waals surface area contributed by atoms with E-state index in [2.05, 4.69) is 20.3 Å². The number of hydrogen-bond acceptors (Lipinski definition) is 6. The molecule has 0 spiro atoms. The number of H-pyrrole nitrogens is 1. The van der Waals surface area contributed by atoms with Crippen LogP contribution in [0.4, 0.5) is 5.82 Å². The second kappa shape index (κ2) is 5.19. The normalized spacial score (nSPS) is 13.7. The van der Waals surface area contributed by atoms with Crippen LogP contribution in [0.15, 0.2) is 16.0 Å². The molecule has 0 bridgehead atoms. The van der Waals surface area contributed by atoms with Gasteiger partial charge in [0.2, 0.25) is 0 Å². The van der Waals surface area contributed by atoms with Crippen molar-refractivity contribution in [1.29, 1.82) is 0 Å². The summed E-state index contributed by atoms with van der Waals surface area (Å²) in [6, 6.07) is 1.70. The molecule has 2 rings (SSSR count). The van der Waals surface area contributed by atoms with E-state index in [9.17, 15) is 4.79 Å². The van der Waals surface area contributed by atoms with Gasteiger partial charge in [-0.2, -0.15) is 5.10 Å². The highest BCUT2D eigenvalue weighted by Gasteiger charge is 2.14. The number of aromatic amines is 1. The molecule has 0 fully saturated rings. The van der Waals surface area contributed by atoms with Crippen molar-refractivity contribution in [3.05, 3.63) is 22.4 Å². The number of hydrogen-bond donors (Lipinski definition) is 3. The van der Waals surface area contributed by atoms with Crippen molar-refractivity contribution >= 4 is 17.3 Å². The van der Waals surface area contributed by atoms with Gasteiger partial charge in [-0.1, -0.05) is 12.1 Å². The van der Waals surface area contributed by atoms with E-state index in [1.807, 2.05) is 18.9 Å². The zero-order chi connectivity index (χ0) is 14.9. The summed E-state index contributed by atoms with van der Waals surface area (Å²) >= 11 is 0. The van der Waals surface area contributed by atoms with Crippen LogP contribution in [-0.4, -0.2) is 44.2 Å². The lowest BCUT2D eigenvalue weighted by atomic mass is 10.1. The number of nitrogens with two attached hydrogens (primary N) is 1. The Labute approximate surface area is 114 Å². The summed E-state index contributed by atoms with van der Waals surface area (Å²) in [7, 11) is 1.84. The molecule has 20 heavy (non-hydrogen) atoms. The molecule has 0 radical (unpaired) electrons. The van der Waals surface area contributed by atoms with Crippen LogP contribution in [0, 0.1) is 12.8 Å². The van der Waals surface area contributed by atoms with Crippen molar-refractivity contribution in [2.45, 2.75) is 13.8 Å². The fourth-order valence-corrected chi connectivity index (χ4v) is 1.97. The number of aryl methyl sites for hydroxylation is 1. The third-order valence-electron chi connectivity index (χ3n) is 3.12. The second-order valence-electron chi connectivity index (χ2n) is 4.69. The number of amidine groups is 1. The highest BCUT2D eigenvalue weighted by atomic mass is 16.4. The summed E-state index contributed by atoms with van der Waals surface area (Å²) in [4.78, 5) is 17.7. The van der Waals surface area contributed by atoms with Crippen LogP contribution < -0.4 is 16.3 Å². The SMILES string of the molecule is Cc1nc(N(C)CC(C)C(N)=NO)cc2n[nH]c(=O)n12. The lowest BCUT2D eigenvalue weighted by molar-refractivity contribution is 0.314. The number of rotatable bonds is 4. The van der Waals surface area contributed by atoms with E-state index in [1.54, 1.807) is 13.0 Å². The third kappa shape index (κ3) is 2.42. The Kier molecular flexibility index (Phi) is 3.59. The Morgan fingerprint density at radius 1 is 1.70 bits per heavy atom. The first-order valence-electron chi connectivity index (χ1n) is 6.07. The highest BCUT2D eigenvalue weighted by Crippen LogP contribution is 2.13. The van der Waals surface area contributed by atoms with Gasteiger partial charge >= 0.3 is 5.69 Å². The Balaban J connectivity index is 2.31. The molecular formula is C11H17N7O2. The molecule has 0 aliphatic heterocycles. The highest BCUT2D eigenvalue weighted by molar-refractivity contribution is 5.82. The molecule has 0 aliphatic rings. The van der Waals surface area contributed by atoms with E-state index in [4.69, 9.17) is 10.9 Å². The van der Waals surface area contributed by atoms with Gasteiger partial charge in [0.1, 0.15) is 17.5 Å². The van der Waals surface area contributed by atoms with Gasteiger partial charge in [-0.25, -0.2) is 19.3 Å². The molecule has 2 aromatic rings. The topological polar surface area (TPSA) is 125 Å². The lowest BCUT2D eigenvalue weighted by Gasteiger charge is -2.22. The van der Waals surface area contributed by atoms with Crippen molar-refractivity contribution < 1.29 is 5.21 Å².